The van der Waals surface area contributed by atoms with Crippen LogP contribution in [0.4, 0.5) is 4.39 Å². The number of hydrogen-bond donors (Lipinski definition) is 1. The molecule has 1 aliphatic rings. The molecule has 1 N–H and O–H groups in total. The zero-order chi connectivity index (χ0) is 28.5. The summed E-state index contributed by atoms with van der Waals surface area (Å²) in [6.07, 6.45) is 1.42. The highest BCUT2D eigenvalue weighted by atomic mass is 19.1. The number of likely N-dealkylation sites (tertiary alicyclic amines) is 1. The van der Waals surface area contributed by atoms with Crippen molar-refractivity contribution in [2.75, 3.05) is 33.4 Å². The van der Waals surface area contributed by atoms with Gasteiger partial charge < -0.3 is 19.5 Å². The predicted molar refractivity (Wildman–Crippen MR) is 155 cm³/mol. The molecule has 6 heteroatoms. The summed E-state index contributed by atoms with van der Waals surface area (Å²) in [6, 6.07) is 18.9. The van der Waals surface area contributed by atoms with Crippen LogP contribution in [0, 0.1) is 32.5 Å². The molecule has 0 amide bonds. The van der Waals surface area contributed by atoms with E-state index in [4.69, 9.17) is 9.47 Å². The lowest BCUT2D eigenvalue weighted by Crippen LogP contribution is -2.29. The second-order valence-electron chi connectivity index (χ2n) is 10.7. The van der Waals surface area contributed by atoms with E-state index >= 15 is 0 Å². The monoisotopic (exact) mass is 535 g/mol. The van der Waals surface area contributed by atoms with Gasteiger partial charge in [0.2, 0.25) is 0 Å². The number of hydrogen-bond acceptors (Lipinski definition) is 4. The van der Waals surface area contributed by atoms with Crippen molar-refractivity contribution in [2.24, 2.45) is 5.92 Å². The van der Waals surface area contributed by atoms with Gasteiger partial charge in [0.15, 0.2) is 0 Å². The quantitative estimate of drug-likeness (QED) is 0.313. The van der Waals surface area contributed by atoms with E-state index < -0.39 is 5.97 Å². The van der Waals surface area contributed by atoms with Crippen LogP contribution in [0.3, 0.4) is 0 Å². The zero-order valence-corrected chi connectivity index (χ0v) is 24.0. The Morgan fingerprint density at radius 2 is 1.79 bits per heavy atom. The molecule has 3 atom stereocenters. The van der Waals surface area contributed by atoms with Crippen molar-refractivity contribution in [3.8, 4) is 11.1 Å². The summed E-state index contributed by atoms with van der Waals surface area (Å²) in [5.41, 5.74) is 6.00. The summed E-state index contributed by atoms with van der Waals surface area (Å²) in [5, 5.41) is 9.29. The van der Waals surface area contributed by atoms with E-state index in [1.54, 1.807) is 26.2 Å². The molecule has 0 aromatic heterocycles. The van der Waals surface area contributed by atoms with E-state index in [1.807, 2.05) is 44.2 Å². The second-order valence-corrected chi connectivity index (χ2v) is 10.7. The molecule has 1 saturated heterocycles. The maximum Gasteiger partial charge on any atom is 0.335 e. The molecular formula is C33H42FNO4. The molecule has 0 radical (unpaired) electrons. The van der Waals surface area contributed by atoms with Gasteiger partial charge in [-0.25, -0.2) is 9.18 Å². The van der Waals surface area contributed by atoms with E-state index in [0.717, 1.165) is 53.9 Å². The van der Waals surface area contributed by atoms with Crippen LogP contribution in [-0.4, -0.2) is 55.4 Å². The van der Waals surface area contributed by atoms with Gasteiger partial charge in [-0.05, 0) is 85.5 Å². The standard InChI is InChI=1S/C25H33NO4.C8H9F/c1-17(14-26-12-11-21(15-26)29-4)16-30-19(3)23-7-5-6-8-24(23)20-9-10-22(25(27)28)18(2)13-20;1-6-3-4-7(2)8(9)5-6/h5-10,13,17,19,21H,11-12,14-16H2,1-4H3,(H,27,28);3-5H,1-2H3. The van der Waals surface area contributed by atoms with Crippen LogP contribution in [0.15, 0.2) is 60.7 Å². The first-order chi connectivity index (χ1) is 18.6. The normalized spacial score (nSPS) is 16.8. The number of halogens is 1. The molecule has 0 aliphatic carbocycles. The van der Waals surface area contributed by atoms with Crippen LogP contribution < -0.4 is 0 Å². The Morgan fingerprint density at radius 1 is 1.05 bits per heavy atom. The fraction of sp³-hybridized carbons (Fsp3) is 0.424. The van der Waals surface area contributed by atoms with E-state index in [2.05, 4.69) is 30.9 Å². The Labute approximate surface area is 232 Å². The Kier molecular flexibility index (Phi) is 11.2. The predicted octanol–water partition coefficient (Wildman–Crippen LogP) is 7.24. The number of benzene rings is 3. The van der Waals surface area contributed by atoms with Gasteiger partial charge in [0.25, 0.3) is 0 Å². The largest absolute Gasteiger partial charge is 0.478 e. The molecule has 1 aliphatic heterocycles. The number of carbonyl (C=O) groups is 1. The molecule has 210 valence electrons. The summed E-state index contributed by atoms with van der Waals surface area (Å²) in [6.45, 7) is 13.6. The number of aryl methyl sites for hydroxylation is 3. The zero-order valence-electron chi connectivity index (χ0n) is 24.0. The number of aromatic carboxylic acids is 1. The van der Waals surface area contributed by atoms with Crippen LogP contribution in [0.2, 0.25) is 0 Å². The Balaban J connectivity index is 0.000000395. The van der Waals surface area contributed by atoms with Crippen molar-refractivity contribution in [3.05, 3.63) is 94.3 Å². The van der Waals surface area contributed by atoms with E-state index in [0.29, 0.717) is 29.8 Å². The molecule has 4 rings (SSSR count). The third-order valence-electron chi connectivity index (χ3n) is 7.26. The van der Waals surface area contributed by atoms with Crippen LogP contribution in [0.25, 0.3) is 11.1 Å². The molecule has 3 unspecified atom stereocenters. The Bertz CT molecular complexity index is 1240. The molecule has 0 saturated carbocycles. The lowest BCUT2D eigenvalue weighted by molar-refractivity contribution is 0.0341. The van der Waals surface area contributed by atoms with Crippen molar-refractivity contribution in [3.63, 3.8) is 0 Å². The van der Waals surface area contributed by atoms with Crippen molar-refractivity contribution in [1.82, 2.24) is 4.90 Å². The van der Waals surface area contributed by atoms with Crippen LogP contribution in [0.1, 0.15) is 59.0 Å². The highest BCUT2D eigenvalue weighted by Crippen LogP contribution is 2.31. The number of nitrogens with zero attached hydrogens (tertiary/aromatic N) is 1. The lowest BCUT2D eigenvalue weighted by Gasteiger charge is -2.23. The summed E-state index contributed by atoms with van der Waals surface area (Å²) < 4.78 is 24.3. The van der Waals surface area contributed by atoms with Gasteiger partial charge in [-0.2, -0.15) is 0 Å². The fourth-order valence-corrected chi connectivity index (χ4v) is 4.93. The number of methoxy groups -OCH3 is 1. The minimum absolute atomic E-state index is 0.0478. The molecule has 1 heterocycles. The third kappa shape index (κ3) is 8.72. The van der Waals surface area contributed by atoms with Gasteiger partial charge >= 0.3 is 5.97 Å². The lowest BCUT2D eigenvalue weighted by atomic mass is 9.94. The van der Waals surface area contributed by atoms with Gasteiger partial charge in [0, 0.05) is 26.7 Å². The van der Waals surface area contributed by atoms with E-state index in [9.17, 15) is 14.3 Å². The second kappa shape index (κ2) is 14.4. The van der Waals surface area contributed by atoms with Crippen molar-refractivity contribution in [1.29, 1.82) is 0 Å². The van der Waals surface area contributed by atoms with E-state index in [-0.39, 0.29) is 11.9 Å². The summed E-state index contributed by atoms with van der Waals surface area (Å²) in [5.74, 6) is -0.574. The van der Waals surface area contributed by atoms with Crippen LogP contribution in [0.5, 0.6) is 0 Å². The molecule has 3 aromatic carbocycles. The topological polar surface area (TPSA) is 59.0 Å². The van der Waals surface area contributed by atoms with Crippen LogP contribution >= 0.6 is 0 Å². The first kappa shape index (κ1) is 30.5. The first-order valence-electron chi connectivity index (χ1n) is 13.6. The van der Waals surface area contributed by atoms with Gasteiger partial charge in [-0.3, -0.25) is 0 Å². The third-order valence-corrected chi connectivity index (χ3v) is 7.26. The first-order valence-corrected chi connectivity index (χ1v) is 13.6. The number of rotatable bonds is 9. The van der Waals surface area contributed by atoms with Crippen molar-refractivity contribution >= 4 is 5.97 Å². The number of carboxylic acid groups (broad SMARTS) is 1. The van der Waals surface area contributed by atoms with E-state index in [1.165, 1.54) is 6.07 Å². The minimum atomic E-state index is -0.896. The van der Waals surface area contributed by atoms with Gasteiger partial charge in [-0.1, -0.05) is 55.5 Å². The molecule has 0 spiro atoms. The minimum Gasteiger partial charge on any atom is -0.478 e. The van der Waals surface area contributed by atoms with Crippen LogP contribution in [-0.2, 0) is 9.47 Å². The summed E-state index contributed by atoms with van der Waals surface area (Å²) >= 11 is 0. The highest BCUT2D eigenvalue weighted by Gasteiger charge is 2.23. The molecule has 5 nitrogen and oxygen atoms in total. The SMILES string of the molecule is COC1CCN(CC(C)COC(C)c2ccccc2-c2ccc(C(=O)O)c(C)c2)C1.Cc1ccc(C)c(F)c1. The van der Waals surface area contributed by atoms with Crippen molar-refractivity contribution in [2.45, 2.75) is 53.2 Å². The highest BCUT2D eigenvalue weighted by molar-refractivity contribution is 5.90. The molecule has 1 fully saturated rings. The summed E-state index contributed by atoms with van der Waals surface area (Å²) in [7, 11) is 1.79. The average Bonchev–Trinajstić information content (AvgIpc) is 3.37. The molecular weight excluding hydrogens is 493 g/mol. The molecule has 3 aromatic rings. The number of ether oxygens (including phenoxy) is 2. The Morgan fingerprint density at radius 3 is 2.41 bits per heavy atom. The average molecular weight is 536 g/mol. The van der Waals surface area contributed by atoms with Gasteiger partial charge in [0.1, 0.15) is 5.82 Å². The van der Waals surface area contributed by atoms with Gasteiger partial charge in [0.05, 0.1) is 24.4 Å². The summed E-state index contributed by atoms with van der Waals surface area (Å²) in [4.78, 5) is 13.8. The maximum absolute atomic E-state index is 12.6. The van der Waals surface area contributed by atoms with Crippen molar-refractivity contribution < 1.29 is 23.8 Å². The number of carboxylic acids is 1. The van der Waals surface area contributed by atoms with Gasteiger partial charge in [-0.15, -0.1) is 0 Å². The Hall–Kier alpha value is -3.06. The molecule has 39 heavy (non-hydrogen) atoms. The maximum atomic E-state index is 12.6. The smallest absolute Gasteiger partial charge is 0.335 e. The fourth-order valence-electron chi connectivity index (χ4n) is 4.93. The molecule has 0 bridgehead atoms.